The fourth-order valence-electron chi connectivity index (χ4n) is 3.62. The molecular weight excluding hydrogens is 366 g/mol. The van der Waals surface area contributed by atoms with Crippen LogP contribution in [0.2, 0.25) is 0 Å². The number of carbonyl (C=O) groups excluding carboxylic acids is 1. The maximum Gasteiger partial charge on any atom is 0.226 e. The molecule has 4 rings (SSSR count). The summed E-state index contributed by atoms with van der Waals surface area (Å²) in [4.78, 5) is 18.8. The van der Waals surface area contributed by atoms with Crippen LogP contribution in [0.5, 0.6) is 11.5 Å². The zero-order valence-electron chi connectivity index (χ0n) is 16.7. The zero-order valence-corrected chi connectivity index (χ0v) is 16.7. The molecule has 1 aliphatic heterocycles. The molecule has 150 valence electrons. The van der Waals surface area contributed by atoms with Gasteiger partial charge in [-0.05, 0) is 50.2 Å². The number of hydrogen-bond acceptors (Lipinski definition) is 5. The van der Waals surface area contributed by atoms with Crippen molar-refractivity contribution in [3.05, 3.63) is 66.1 Å². The predicted molar refractivity (Wildman–Crippen MR) is 111 cm³/mol. The van der Waals surface area contributed by atoms with Gasteiger partial charge < -0.3 is 14.5 Å². The highest BCUT2D eigenvalue weighted by Crippen LogP contribution is 2.29. The van der Waals surface area contributed by atoms with E-state index in [9.17, 15) is 4.79 Å². The largest absolute Gasteiger partial charge is 0.457 e. The number of aryl methyl sites for hydroxylation is 1. The van der Waals surface area contributed by atoms with E-state index in [4.69, 9.17) is 14.1 Å². The van der Waals surface area contributed by atoms with Crippen molar-refractivity contribution >= 4 is 5.91 Å². The fourth-order valence-corrected chi connectivity index (χ4v) is 3.62. The molecule has 6 nitrogen and oxygen atoms in total. The van der Waals surface area contributed by atoms with Crippen LogP contribution in [0.1, 0.15) is 17.9 Å². The molecule has 1 N–H and O–H groups in total. The Hall–Kier alpha value is -3.12. The topological polar surface area (TPSA) is 67.6 Å². The SMILES string of the molecule is CNC(=O)[C@H]1CCN(Cc2nc(-c3cccc(Oc4ccccc4)c3)oc2C)C1. The van der Waals surface area contributed by atoms with Crippen LogP contribution in [-0.4, -0.2) is 35.9 Å². The van der Waals surface area contributed by atoms with Crippen LogP contribution < -0.4 is 10.1 Å². The lowest BCUT2D eigenvalue weighted by molar-refractivity contribution is -0.124. The lowest BCUT2D eigenvalue weighted by atomic mass is 10.1. The lowest BCUT2D eigenvalue weighted by Crippen LogP contribution is -2.30. The fraction of sp³-hybridized carbons (Fsp3) is 0.304. The summed E-state index contributed by atoms with van der Waals surface area (Å²) < 4.78 is 11.9. The molecule has 0 aliphatic carbocycles. The first-order valence-electron chi connectivity index (χ1n) is 9.86. The quantitative estimate of drug-likeness (QED) is 0.688. The molecule has 1 aliphatic rings. The van der Waals surface area contributed by atoms with Crippen molar-refractivity contribution in [2.75, 3.05) is 20.1 Å². The van der Waals surface area contributed by atoms with Gasteiger partial charge in [0, 0.05) is 25.7 Å². The minimum absolute atomic E-state index is 0.0542. The van der Waals surface area contributed by atoms with Gasteiger partial charge in [-0.25, -0.2) is 4.98 Å². The number of benzene rings is 2. The molecule has 0 saturated carbocycles. The van der Waals surface area contributed by atoms with Crippen LogP contribution in [0, 0.1) is 12.8 Å². The van der Waals surface area contributed by atoms with E-state index in [0.717, 1.165) is 48.0 Å². The van der Waals surface area contributed by atoms with E-state index in [-0.39, 0.29) is 11.8 Å². The van der Waals surface area contributed by atoms with Crippen molar-refractivity contribution in [3.8, 4) is 23.0 Å². The number of likely N-dealkylation sites (tertiary alicyclic amines) is 1. The Balaban J connectivity index is 1.47. The molecule has 0 spiro atoms. The molecule has 1 atom stereocenters. The van der Waals surface area contributed by atoms with Crippen molar-refractivity contribution in [3.63, 3.8) is 0 Å². The van der Waals surface area contributed by atoms with E-state index < -0.39 is 0 Å². The Labute approximate surface area is 170 Å². The standard InChI is InChI=1S/C23H25N3O3/c1-16-21(15-26-12-11-18(14-26)22(27)24-2)25-23(28-16)17-7-6-10-20(13-17)29-19-8-4-3-5-9-19/h3-10,13,18H,11-12,14-15H2,1-2H3,(H,24,27)/t18-/m0/s1. The highest BCUT2D eigenvalue weighted by Gasteiger charge is 2.28. The predicted octanol–water partition coefficient (Wildman–Crippen LogP) is 4.01. The van der Waals surface area contributed by atoms with Gasteiger partial charge in [0.1, 0.15) is 17.3 Å². The molecule has 0 radical (unpaired) electrons. The van der Waals surface area contributed by atoms with Gasteiger partial charge in [-0.2, -0.15) is 0 Å². The third-order valence-corrected chi connectivity index (χ3v) is 5.22. The molecule has 2 heterocycles. The highest BCUT2D eigenvalue weighted by atomic mass is 16.5. The third kappa shape index (κ3) is 4.49. The first-order chi connectivity index (χ1) is 14.1. The summed E-state index contributed by atoms with van der Waals surface area (Å²) in [7, 11) is 1.69. The van der Waals surface area contributed by atoms with Crippen LogP contribution in [-0.2, 0) is 11.3 Å². The Morgan fingerprint density at radius 3 is 2.79 bits per heavy atom. The lowest BCUT2D eigenvalue weighted by Gasteiger charge is -2.14. The summed E-state index contributed by atoms with van der Waals surface area (Å²) in [5.74, 6) is 3.07. The third-order valence-electron chi connectivity index (χ3n) is 5.22. The summed E-state index contributed by atoms with van der Waals surface area (Å²) in [5, 5.41) is 2.74. The number of amides is 1. The average Bonchev–Trinajstić information content (AvgIpc) is 3.36. The normalized spacial score (nSPS) is 16.7. The van der Waals surface area contributed by atoms with Crippen LogP contribution in [0.4, 0.5) is 0 Å². The van der Waals surface area contributed by atoms with Gasteiger partial charge in [-0.1, -0.05) is 24.3 Å². The number of carbonyl (C=O) groups is 1. The second-order valence-corrected chi connectivity index (χ2v) is 7.30. The number of ether oxygens (including phenoxy) is 1. The number of aromatic nitrogens is 1. The van der Waals surface area contributed by atoms with Crippen LogP contribution >= 0.6 is 0 Å². The molecule has 0 unspecified atom stereocenters. The van der Waals surface area contributed by atoms with E-state index in [1.54, 1.807) is 7.05 Å². The summed E-state index contributed by atoms with van der Waals surface area (Å²) in [6.45, 7) is 4.26. The molecule has 1 amide bonds. The minimum Gasteiger partial charge on any atom is -0.457 e. The second-order valence-electron chi connectivity index (χ2n) is 7.30. The van der Waals surface area contributed by atoms with Gasteiger partial charge in [0.15, 0.2) is 0 Å². The summed E-state index contributed by atoms with van der Waals surface area (Å²) in [6, 6.07) is 17.4. The molecule has 1 fully saturated rings. The molecular formula is C23H25N3O3. The van der Waals surface area contributed by atoms with Crippen molar-refractivity contribution in [1.29, 1.82) is 0 Å². The Morgan fingerprint density at radius 2 is 2.00 bits per heavy atom. The van der Waals surface area contributed by atoms with Gasteiger partial charge in [-0.3, -0.25) is 9.69 Å². The van der Waals surface area contributed by atoms with Crippen molar-refractivity contribution in [2.24, 2.45) is 5.92 Å². The van der Waals surface area contributed by atoms with Crippen LogP contribution in [0.15, 0.2) is 59.0 Å². The van der Waals surface area contributed by atoms with E-state index in [1.165, 1.54) is 0 Å². The summed E-state index contributed by atoms with van der Waals surface area (Å²) in [6.07, 6.45) is 0.877. The van der Waals surface area contributed by atoms with Crippen molar-refractivity contribution in [1.82, 2.24) is 15.2 Å². The summed E-state index contributed by atoms with van der Waals surface area (Å²) >= 11 is 0. The molecule has 2 aromatic carbocycles. The number of nitrogens with one attached hydrogen (secondary N) is 1. The number of para-hydroxylation sites is 1. The number of rotatable bonds is 6. The molecule has 6 heteroatoms. The molecule has 3 aromatic rings. The van der Waals surface area contributed by atoms with Crippen LogP contribution in [0.3, 0.4) is 0 Å². The molecule has 0 bridgehead atoms. The zero-order chi connectivity index (χ0) is 20.2. The maximum atomic E-state index is 11.8. The number of hydrogen-bond donors (Lipinski definition) is 1. The minimum atomic E-state index is 0.0542. The first kappa shape index (κ1) is 19.2. The smallest absolute Gasteiger partial charge is 0.226 e. The van der Waals surface area contributed by atoms with E-state index in [1.807, 2.05) is 61.5 Å². The monoisotopic (exact) mass is 391 g/mol. The van der Waals surface area contributed by atoms with E-state index >= 15 is 0 Å². The van der Waals surface area contributed by atoms with E-state index in [2.05, 4.69) is 10.2 Å². The Bertz CT molecular complexity index is 984. The molecule has 1 saturated heterocycles. The Morgan fingerprint density at radius 1 is 1.21 bits per heavy atom. The Kier molecular flexibility index (Phi) is 5.62. The first-order valence-corrected chi connectivity index (χ1v) is 9.86. The van der Waals surface area contributed by atoms with Gasteiger partial charge in [0.25, 0.3) is 0 Å². The molecule has 1 aromatic heterocycles. The number of nitrogens with zero attached hydrogens (tertiary/aromatic N) is 2. The molecule has 29 heavy (non-hydrogen) atoms. The van der Waals surface area contributed by atoms with Gasteiger partial charge in [0.05, 0.1) is 11.6 Å². The van der Waals surface area contributed by atoms with Crippen molar-refractivity contribution < 1.29 is 13.9 Å². The van der Waals surface area contributed by atoms with Gasteiger partial charge >= 0.3 is 0 Å². The van der Waals surface area contributed by atoms with Gasteiger partial charge in [0.2, 0.25) is 11.8 Å². The van der Waals surface area contributed by atoms with Crippen molar-refractivity contribution in [2.45, 2.75) is 19.9 Å². The van der Waals surface area contributed by atoms with Crippen LogP contribution in [0.25, 0.3) is 11.5 Å². The maximum absolute atomic E-state index is 11.8. The summed E-state index contributed by atoms with van der Waals surface area (Å²) in [5.41, 5.74) is 1.78. The van der Waals surface area contributed by atoms with E-state index in [0.29, 0.717) is 12.4 Å². The van der Waals surface area contributed by atoms with Gasteiger partial charge in [-0.15, -0.1) is 0 Å². The highest BCUT2D eigenvalue weighted by molar-refractivity contribution is 5.78. The second kappa shape index (κ2) is 8.49. The number of oxazole rings is 1. The average molecular weight is 391 g/mol.